The number of nitrogens with zero attached hydrogens (tertiary/aromatic N) is 1. The molecule has 140 valence electrons. The number of rotatable bonds is 3. The van der Waals surface area contributed by atoms with Gasteiger partial charge in [-0.15, -0.1) is 0 Å². The first-order valence-electron chi connectivity index (χ1n) is 9.84. The Bertz CT molecular complexity index is 880. The van der Waals surface area contributed by atoms with Crippen LogP contribution < -0.4 is 5.32 Å². The highest BCUT2D eigenvalue weighted by Gasteiger charge is 2.38. The van der Waals surface area contributed by atoms with Crippen LogP contribution in [0.3, 0.4) is 0 Å². The Morgan fingerprint density at radius 2 is 1.85 bits per heavy atom. The summed E-state index contributed by atoms with van der Waals surface area (Å²) in [6, 6.07) is 15.5. The molecule has 0 spiro atoms. The lowest BCUT2D eigenvalue weighted by Crippen LogP contribution is -2.29. The van der Waals surface area contributed by atoms with Crippen LogP contribution in [0.25, 0.3) is 0 Å². The summed E-state index contributed by atoms with van der Waals surface area (Å²) in [6.45, 7) is 4.46. The molecular weight excluding hydrogens is 332 g/mol. The smallest absolute Gasteiger partial charge is 0.253 e. The lowest BCUT2D eigenvalue weighted by molar-refractivity contribution is 0.0827. The van der Waals surface area contributed by atoms with Gasteiger partial charge in [0.05, 0.1) is 6.04 Å². The Hall–Kier alpha value is -2.55. The summed E-state index contributed by atoms with van der Waals surface area (Å²) in [7, 11) is 3.60. The van der Waals surface area contributed by atoms with Crippen molar-refractivity contribution in [2.75, 3.05) is 19.4 Å². The topological polar surface area (TPSA) is 32.3 Å². The summed E-state index contributed by atoms with van der Waals surface area (Å²) in [4.78, 5) is 14.0. The summed E-state index contributed by atoms with van der Waals surface area (Å²) in [5, 5.41) is 3.76. The van der Waals surface area contributed by atoms with Crippen molar-refractivity contribution in [1.29, 1.82) is 0 Å². The molecule has 0 saturated heterocycles. The third kappa shape index (κ3) is 3.16. The van der Waals surface area contributed by atoms with Gasteiger partial charge in [-0.25, -0.2) is 0 Å². The number of carbonyl (C=O) groups excluding carboxylic acids is 1. The molecule has 3 atom stereocenters. The average Bonchev–Trinajstić information content (AvgIpc) is 3.16. The summed E-state index contributed by atoms with van der Waals surface area (Å²) >= 11 is 0. The molecule has 1 aliphatic carbocycles. The van der Waals surface area contributed by atoms with Crippen molar-refractivity contribution in [2.24, 2.45) is 5.92 Å². The first-order chi connectivity index (χ1) is 13.0. The number of hydrogen-bond acceptors (Lipinski definition) is 2. The fourth-order valence-corrected chi connectivity index (χ4v) is 4.40. The monoisotopic (exact) mass is 360 g/mol. The molecule has 1 N–H and O–H groups in total. The molecule has 3 unspecified atom stereocenters. The van der Waals surface area contributed by atoms with Crippen LogP contribution in [-0.4, -0.2) is 24.9 Å². The summed E-state index contributed by atoms with van der Waals surface area (Å²) in [5.41, 5.74) is 5.88. The van der Waals surface area contributed by atoms with Gasteiger partial charge in [-0.3, -0.25) is 4.79 Å². The zero-order valence-corrected chi connectivity index (χ0v) is 16.6. The van der Waals surface area contributed by atoms with E-state index in [1.165, 1.54) is 16.7 Å². The van der Waals surface area contributed by atoms with Crippen LogP contribution >= 0.6 is 0 Å². The SMILES string of the molecule is CC(C)c1ccc(C2Nc3ccc(C(=O)N(C)C)cc3C3C=CCC32)cc1. The molecule has 0 fully saturated rings. The summed E-state index contributed by atoms with van der Waals surface area (Å²) in [6.07, 6.45) is 5.69. The maximum atomic E-state index is 12.4. The van der Waals surface area contributed by atoms with Crippen LogP contribution in [-0.2, 0) is 0 Å². The summed E-state index contributed by atoms with van der Waals surface area (Å²) in [5.74, 6) is 1.47. The normalized spacial score (nSPS) is 22.9. The van der Waals surface area contributed by atoms with Crippen molar-refractivity contribution in [3.05, 3.63) is 76.9 Å². The molecule has 3 heteroatoms. The van der Waals surface area contributed by atoms with E-state index in [0.29, 0.717) is 23.8 Å². The van der Waals surface area contributed by atoms with Crippen LogP contribution in [0.15, 0.2) is 54.6 Å². The van der Waals surface area contributed by atoms with Gasteiger partial charge in [0.2, 0.25) is 0 Å². The maximum absolute atomic E-state index is 12.4. The maximum Gasteiger partial charge on any atom is 0.253 e. The second-order valence-electron chi connectivity index (χ2n) is 8.30. The van der Waals surface area contributed by atoms with Gasteiger partial charge in [0, 0.05) is 31.3 Å². The molecule has 1 amide bonds. The number of carbonyl (C=O) groups is 1. The van der Waals surface area contributed by atoms with Gasteiger partial charge in [-0.2, -0.15) is 0 Å². The largest absolute Gasteiger partial charge is 0.378 e. The van der Waals surface area contributed by atoms with E-state index in [1.54, 1.807) is 19.0 Å². The lowest BCUT2D eigenvalue weighted by atomic mass is 9.76. The minimum absolute atomic E-state index is 0.0581. The Kier molecular flexibility index (Phi) is 4.55. The van der Waals surface area contributed by atoms with Crippen LogP contribution in [0.4, 0.5) is 5.69 Å². The van der Waals surface area contributed by atoms with E-state index in [1.807, 2.05) is 6.07 Å². The molecule has 0 bridgehead atoms. The van der Waals surface area contributed by atoms with Crippen molar-refractivity contribution in [3.63, 3.8) is 0 Å². The predicted molar refractivity (Wildman–Crippen MR) is 111 cm³/mol. The standard InChI is InChI=1S/C24H28N2O/c1-15(2)16-8-10-17(11-9-16)23-20-7-5-6-19(20)21-14-18(24(27)26(3)4)12-13-22(21)25-23/h5-6,8-15,19-20,23,25H,7H2,1-4H3. The van der Waals surface area contributed by atoms with Gasteiger partial charge in [-0.1, -0.05) is 50.3 Å². The third-order valence-electron chi connectivity index (χ3n) is 5.98. The fraction of sp³-hybridized carbons (Fsp3) is 0.375. The van der Waals surface area contributed by atoms with Crippen molar-refractivity contribution < 1.29 is 4.79 Å². The molecule has 2 aliphatic rings. The zero-order valence-electron chi connectivity index (χ0n) is 16.6. The van der Waals surface area contributed by atoms with Crippen LogP contribution in [0.1, 0.15) is 65.2 Å². The number of fused-ring (bicyclic) bond motifs is 3. The quantitative estimate of drug-likeness (QED) is 0.750. The molecule has 2 aromatic rings. The molecule has 1 aliphatic heterocycles. The molecule has 2 aromatic carbocycles. The van der Waals surface area contributed by atoms with Gasteiger partial charge < -0.3 is 10.2 Å². The van der Waals surface area contributed by atoms with Gasteiger partial charge >= 0.3 is 0 Å². The van der Waals surface area contributed by atoms with Crippen molar-refractivity contribution in [3.8, 4) is 0 Å². The van der Waals surface area contributed by atoms with Crippen molar-refractivity contribution in [1.82, 2.24) is 4.90 Å². The zero-order chi connectivity index (χ0) is 19.1. The lowest BCUT2D eigenvalue weighted by Gasteiger charge is -2.38. The van der Waals surface area contributed by atoms with Crippen molar-refractivity contribution in [2.45, 2.75) is 38.1 Å². The number of nitrogens with one attached hydrogen (secondary N) is 1. The van der Waals surface area contributed by atoms with Gasteiger partial charge in [0.25, 0.3) is 5.91 Å². The van der Waals surface area contributed by atoms with Crippen molar-refractivity contribution >= 4 is 11.6 Å². The number of anilines is 1. The van der Waals surface area contributed by atoms with E-state index < -0.39 is 0 Å². The van der Waals surface area contributed by atoms with E-state index in [0.717, 1.165) is 17.7 Å². The minimum atomic E-state index is 0.0581. The molecule has 0 radical (unpaired) electrons. The Morgan fingerprint density at radius 3 is 2.52 bits per heavy atom. The van der Waals surface area contributed by atoms with Crippen LogP contribution in [0.5, 0.6) is 0 Å². The molecule has 3 nitrogen and oxygen atoms in total. The van der Waals surface area contributed by atoms with E-state index >= 15 is 0 Å². The highest BCUT2D eigenvalue weighted by atomic mass is 16.2. The number of allylic oxidation sites excluding steroid dienone is 2. The Labute approximate surface area is 162 Å². The van der Waals surface area contributed by atoms with E-state index in [2.05, 4.69) is 67.7 Å². The highest BCUT2D eigenvalue weighted by Crippen LogP contribution is 2.50. The predicted octanol–water partition coefficient (Wildman–Crippen LogP) is 5.34. The second kappa shape index (κ2) is 6.88. The van der Waals surface area contributed by atoms with E-state index in [9.17, 15) is 4.79 Å². The highest BCUT2D eigenvalue weighted by molar-refractivity contribution is 5.94. The van der Waals surface area contributed by atoms with Crippen LogP contribution in [0, 0.1) is 5.92 Å². The Morgan fingerprint density at radius 1 is 1.11 bits per heavy atom. The van der Waals surface area contributed by atoms with Gasteiger partial charge in [0.1, 0.15) is 0 Å². The molecule has 4 rings (SSSR count). The number of benzene rings is 2. The fourth-order valence-electron chi connectivity index (χ4n) is 4.40. The third-order valence-corrected chi connectivity index (χ3v) is 5.98. The molecule has 27 heavy (non-hydrogen) atoms. The first kappa shape index (κ1) is 17.8. The number of amides is 1. The van der Waals surface area contributed by atoms with Crippen LogP contribution in [0.2, 0.25) is 0 Å². The molecule has 0 saturated carbocycles. The summed E-state index contributed by atoms with van der Waals surface area (Å²) < 4.78 is 0. The van der Waals surface area contributed by atoms with Gasteiger partial charge in [-0.05, 0) is 53.1 Å². The minimum Gasteiger partial charge on any atom is -0.378 e. The average molecular weight is 361 g/mol. The van der Waals surface area contributed by atoms with Gasteiger partial charge in [0.15, 0.2) is 0 Å². The van der Waals surface area contributed by atoms with E-state index in [-0.39, 0.29) is 5.91 Å². The Balaban J connectivity index is 1.69. The first-order valence-corrected chi connectivity index (χ1v) is 9.84. The molecule has 1 heterocycles. The second-order valence-corrected chi connectivity index (χ2v) is 8.30. The number of hydrogen-bond donors (Lipinski definition) is 1. The molecular formula is C24H28N2O. The van der Waals surface area contributed by atoms with E-state index in [4.69, 9.17) is 0 Å². The molecule has 0 aromatic heterocycles.